The Morgan fingerprint density at radius 2 is 1.19 bits per heavy atom. The third-order valence-corrected chi connectivity index (χ3v) is 6.29. The zero-order valence-corrected chi connectivity index (χ0v) is 14.2. The summed E-state index contributed by atoms with van der Waals surface area (Å²) in [5.74, 6) is -0.891. The van der Waals surface area contributed by atoms with Crippen LogP contribution in [0.4, 0.5) is 0 Å². The van der Waals surface area contributed by atoms with Crippen LogP contribution in [0.3, 0.4) is 0 Å². The molecular weight excluding hydrogens is 292 g/mol. The van der Waals surface area contributed by atoms with Gasteiger partial charge in [-0.25, -0.2) is 9.59 Å². The lowest BCUT2D eigenvalue weighted by Gasteiger charge is -2.27. The van der Waals surface area contributed by atoms with Gasteiger partial charge in [-0.15, -0.1) is 0 Å². The van der Waals surface area contributed by atoms with Crippen LogP contribution >= 0.6 is 0 Å². The molecule has 21 heavy (non-hydrogen) atoms. The van der Waals surface area contributed by atoms with E-state index in [0.717, 1.165) is 0 Å². The molecule has 0 saturated heterocycles. The van der Waals surface area contributed by atoms with Crippen LogP contribution in [0.15, 0.2) is 24.3 Å². The highest BCUT2D eigenvalue weighted by Gasteiger charge is 2.36. The van der Waals surface area contributed by atoms with Gasteiger partial charge in [0.15, 0.2) is 0 Å². The van der Waals surface area contributed by atoms with E-state index in [2.05, 4.69) is 13.2 Å². The van der Waals surface area contributed by atoms with Gasteiger partial charge in [0, 0.05) is 37.5 Å². The molecule has 6 nitrogen and oxygen atoms in total. The molecule has 0 fully saturated rings. The molecule has 0 amide bonds. The molecule has 120 valence electrons. The van der Waals surface area contributed by atoms with E-state index in [1.165, 1.54) is 14.2 Å². The number of rotatable bonds is 10. The first-order valence-electron chi connectivity index (χ1n) is 6.53. The van der Waals surface area contributed by atoms with Crippen molar-refractivity contribution < 1.29 is 27.9 Å². The van der Waals surface area contributed by atoms with E-state index in [1.54, 1.807) is 13.8 Å². The summed E-state index contributed by atoms with van der Waals surface area (Å²) in [4.78, 5) is 22.6. The second-order valence-corrected chi connectivity index (χ2v) is 8.29. The molecular formula is C14H24O6Si. The Morgan fingerprint density at radius 1 is 0.857 bits per heavy atom. The van der Waals surface area contributed by atoms with Gasteiger partial charge in [0.05, 0.1) is 13.2 Å². The fraction of sp³-hybridized carbons (Fsp3) is 0.571. The molecule has 0 aliphatic heterocycles. The van der Waals surface area contributed by atoms with E-state index in [1.807, 2.05) is 0 Å². The lowest BCUT2D eigenvalue weighted by Crippen LogP contribution is -2.42. The molecule has 0 aromatic carbocycles. The van der Waals surface area contributed by atoms with Crippen molar-refractivity contribution in [3.05, 3.63) is 24.3 Å². The van der Waals surface area contributed by atoms with Crippen molar-refractivity contribution >= 4 is 20.5 Å². The fourth-order valence-electron chi connectivity index (χ4n) is 1.46. The van der Waals surface area contributed by atoms with Gasteiger partial charge in [0.1, 0.15) is 0 Å². The minimum Gasteiger partial charge on any atom is -0.462 e. The number of hydrogen-bond acceptors (Lipinski definition) is 6. The van der Waals surface area contributed by atoms with Gasteiger partial charge in [-0.1, -0.05) is 13.2 Å². The van der Waals surface area contributed by atoms with Crippen molar-refractivity contribution in [1.82, 2.24) is 0 Å². The predicted octanol–water partition coefficient (Wildman–Crippen LogP) is 1.96. The Morgan fingerprint density at radius 3 is 1.43 bits per heavy atom. The first kappa shape index (κ1) is 19.6. The summed E-state index contributed by atoms with van der Waals surface area (Å²) in [5.41, 5.74) is 0.681. The molecule has 0 saturated carbocycles. The van der Waals surface area contributed by atoms with Crippen LogP contribution in [0.1, 0.15) is 13.8 Å². The Balaban J connectivity index is 4.35. The van der Waals surface area contributed by atoms with Gasteiger partial charge in [-0.3, -0.25) is 0 Å². The lowest BCUT2D eigenvalue weighted by molar-refractivity contribution is -0.139. The molecule has 0 aliphatic rings. The Kier molecular flexibility index (Phi) is 8.83. The maximum Gasteiger partial charge on any atom is 0.344 e. The van der Waals surface area contributed by atoms with Crippen LogP contribution < -0.4 is 0 Å². The van der Waals surface area contributed by atoms with E-state index >= 15 is 0 Å². The largest absolute Gasteiger partial charge is 0.462 e. The Bertz CT molecular complexity index is 366. The van der Waals surface area contributed by atoms with Gasteiger partial charge in [-0.05, 0) is 13.8 Å². The molecule has 7 heteroatoms. The summed E-state index contributed by atoms with van der Waals surface area (Å²) in [6.45, 7) is 10.5. The molecule has 0 radical (unpaired) electrons. The lowest BCUT2D eigenvalue weighted by atomic mass is 10.4. The first-order chi connectivity index (χ1) is 9.78. The number of carbonyl (C=O) groups excluding carboxylic acids is 2. The monoisotopic (exact) mass is 316 g/mol. The molecule has 0 N–H and O–H groups in total. The van der Waals surface area contributed by atoms with Crippen LogP contribution in [0.25, 0.3) is 0 Å². The number of esters is 2. The third-order valence-electron chi connectivity index (χ3n) is 2.87. The number of ether oxygens (including phenoxy) is 2. The molecule has 0 spiro atoms. The van der Waals surface area contributed by atoms with Crippen molar-refractivity contribution in [2.24, 2.45) is 0 Å². The van der Waals surface area contributed by atoms with Crippen LogP contribution in [0.5, 0.6) is 0 Å². The average Bonchev–Trinajstić information content (AvgIpc) is 2.45. The second kappa shape index (κ2) is 9.49. The summed E-state index contributed by atoms with van der Waals surface area (Å²) < 4.78 is 21.0. The topological polar surface area (TPSA) is 71.1 Å². The molecule has 0 bridgehead atoms. The van der Waals surface area contributed by atoms with Crippen LogP contribution in [-0.2, 0) is 27.9 Å². The van der Waals surface area contributed by atoms with E-state index in [-0.39, 0.29) is 13.2 Å². The molecule has 0 unspecified atom stereocenters. The predicted molar refractivity (Wildman–Crippen MR) is 80.9 cm³/mol. The van der Waals surface area contributed by atoms with E-state index in [4.69, 9.17) is 18.3 Å². The van der Waals surface area contributed by atoms with Gasteiger partial charge >= 0.3 is 20.5 Å². The third kappa shape index (κ3) is 7.21. The van der Waals surface area contributed by atoms with Crippen molar-refractivity contribution in [1.29, 1.82) is 0 Å². The zero-order valence-electron chi connectivity index (χ0n) is 13.2. The summed E-state index contributed by atoms with van der Waals surface area (Å²) in [6, 6.07) is 0.896. The van der Waals surface area contributed by atoms with Gasteiger partial charge in [0.2, 0.25) is 0 Å². The first-order valence-corrected chi connectivity index (χ1v) is 8.76. The van der Waals surface area contributed by atoms with Crippen molar-refractivity contribution in [2.45, 2.75) is 25.9 Å². The van der Waals surface area contributed by atoms with E-state index in [9.17, 15) is 9.59 Å². The normalized spacial score (nSPS) is 10.9. The van der Waals surface area contributed by atoms with Crippen LogP contribution in [0, 0.1) is 0 Å². The SMILES string of the molecule is C=C(C)C(=O)OCC[Si](CCOC(=O)C(=C)C)(OC)OC. The zero-order chi connectivity index (χ0) is 16.5. The summed E-state index contributed by atoms with van der Waals surface area (Å²) in [7, 11) is 0.517. The Labute approximate surface area is 127 Å². The molecule has 0 aliphatic carbocycles. The summed E-state index contributed by atoms with van der Waals surface area (Å²) in [5, 5.41) is 0. The van der Waals surface area contributed by atoms with Crippen LogP contribution in [-0.4, -0.2) is 47.9 Å². The van der Waals surface area contributed by atoms with Crippen LogP contribution in [0.2, 0.25) is 12.1 Å². The maximum absolute atomic E-state index is 11.3. The molecule has 0 aromatic heterocycles. The minimum absolute atomic E-state index is 0.175. The molecule has 0 atom stereocenters. The molecule has 0 heterocycles. The minimum atomic E-state index is -2.56. The van der Waals surface area contributed by atoms with Crippen molar-refractivity contribution in [3.8, 4) is 0 Å². The van der Waals surface area contributed by atoms with Crippen molar-refractivity contribution in [3.63, 3.8) is 0 Å². The fourth-order valence-corrected chi connectivity index (χ4v) is 3.52. The Hall–Kier alpha value is -1.44. The average molecular weight is 316 g/mol. The standard InChI is InChI=1S/C14H24O6Si/c1-11(2)13(15)19-7-9-21(17-5,18-6)10-8-20-14(16)12(3)4/h1,3,7-10H2,2,4-6H3. The number of hydrogen-bond donors (Lipinski definition) is 0. The number of carbonyl (C=O) groups is 2. The van der Waals surface area contributed by atoms with Gasteiger partial charge < -0.3 is 18.3 Å². The van der Waals surface area contributed by atoms with E-state index < -0.39 is 20.5 Å². The molecule has 0 aromatic rings. The smallest absolute Gasteiger partial charge is 0.344 e. The summed E-state index contributed by atoms with van der Waals surface area (Å²) >= 11 is 0. The van der Waals surface area contributed by atoms with E-state index in [0.29, 0.717) is 23.2 Å². The van der Waals surface area contributed by atoms with Gasteiger partial charge in [0.25, 0.3) is 0 Å². The highest BCUT2D eigenvalue weighted by molar-refractivity contribution is 6.67. The maximum atomic E-state index is 11.3. The van der Waals surface area contributed by atoms with Gasteiger partial charge in [-0.2, -0.15) is 0 Å². The highest BCUT2D eigenvalue weighted by atomic mass is 28.4. The molecule has 0 rings (SSSR count). The quantitative estimate of drug-likeness (QED) is 0.348. The second-order valence-electron chi connectivity index (χ2n) is 4.65. The summed E-state index contributed by atoms with van der Waals surface area (Å²) in [6.07, 6.45) is 0. The van der Waals surface area contributed by atoms with Crippen molar-refractivity contribution in [2.75, 3.05) is 27.4 Å². The highest BCUT2D eigenvalue weighted by Crippen LogP contribution is 2.18.